The fraction of sp³-hybridized carbons (Fsp3) is 0.259. The molecule has 1 aliphatic carbocycles. The Balaban J connectivity index is 1.51. The van der Waals surface area contributed by atoms with Gasteiger partial charge in [-0.2, -0.15) is 0 Å². The van der Waals surface area contributed by atoms with E-state index in [1.165, 1.54) is 4.57 Å². The Morgan fingerprint density at radius 3 is 2.65 bits per heavy atom. The predicted octanol–water partition coefficient (Wildman–Crippen LogP) is 4.97. The number of halogens is 3. The quantitative estimate of drug-likeness (QED) is 0.396. The van der Waals surface area contributed by atoms with Gasteiger partial charge in [0.25, 0.3) is 5.56 Å². The summed E-state index contributed by atoms with van der Waals surface area (Å²) >= 11 is 6.37. The third-order valence-corrected chi connectivity index (χ3v) is 6.91. The fourth-order valence-corrected chi connectivity index (χ4v) is 4.68. The molecule has 10 heteroatoms. The highest BCUT2D eigenvalue weighted by molar-refractivity contribution is 6.31. The molecule has 0 aromatic carbocycles. The minimum absolute atomic E-state index is 0.0583. The first kappa shape index (κ1) is 25.0. The maximum absolute atomic E-state index is 13.9. The molecule has 4 aromatic rings. The molecule has 0 amide bonds. The molecular weight excluding hydrogens is 502 g/mol. The van der Waals surface area contributed by atoms with Gasteiger partial charge in [-0.1, -0.05) is 11.6 Å². The first-order valence-electron chi connectivity index (χ1n) is 11.6. The van der Waals surface area contributed by atoms with E-state index in [1.807, 2.05) is 13.0 Å². The van der Waals surface area contributed by atoms with Gasteiger partial charge in [-0.3, -0.25) is 24.3 Å². The normalized spacial score (nSPS) is 16.6. The van der Waals surface area contributed by atoms with E-state index in [-0.39, 0.29) is 23.1 Å². The van der Waals surface area contributed by atoms with Crippen LogP contribution in [0.2, 0.25) is 5.02 Å². The molecule has 0 bridgehead atoms. The molecule has 0 saturated heterocycles. The van der Waals surface area contributed by atoms with Gasteiger partial charge in [0, 0.05) is 47.0 Å². The minimum atomic E-state index is -0.949. The Kier molecular flexibility index (Phi) is 6.29. The molecule has 1 unspecified atom stereocenters. The second-order valence-corrected chi connectivity index (χ2v) is 9.70. The van der Waals surface area contributed by atoms with Crippen molar-refractivity contribution in [2.45, 2.75) is 45.8 Å². The van der Waals surface area contributed by atoms with E-state index in [4.69, 9.17) is 16.3 Å². The number of fused-ring (bicyclic) bond motifs is 1. The molecule has 4 heterocycles. The second kappa shape index (κ2) is 9.32. The van der Waals surface area contributed by atoms with Crippen molar-refractivity contribution in [3.8, 4) is 22.7 Å². The van der Waals surface area contributed by atoms with Crippen LogP contribution in [-0.4, -0.2) is 24.6 Å². The van der Waals surface area contributed by atoms with Crippen LogP contribution in [0.15, 0.2) is 47.7 Å². The summed E-state index contributed by atoms with van der Waals surface area (Å²) in [7, 11) is 0. The molecule has 0 aliphatic heterocycles. The van der Waals surface area contributed by atoms with Crippen LogP contribution in [0.25, 0.3) is 16.9 Å². The van der Waals surface area contributed by atoms with E-state index in [0.717, 1.165) is 23.0 Å². The smallest absolute Gasteiger partial charge is 0.277 e. The van der Waals surface area contributed by atoms with Crippen molar-refractivity contribution in [1.82, 2.24) is 19.5 Å². The van der Waals surface area contributed by atoms with Crippen molar-refractivity contribution in [2.75, 3.05) is 0 Å². The maximum atomic E-state index is 13.9. The Hall–Kier alpha value is -3.69. The topological polar surface area (TPSA) is 90.1 Å². The molecule has 1 aliphatic rings. The van der Waals surface area contributed by atoms with E-state index in [2.05, 4.69) is 15.0 Å². The van der Waals surface area contributed by atoms with Gasteiger partial charge in [-0.15, -0.1) is 0 Å². The van der Waals surface area contributed by atoms with Crippen LogP contribution in [-0.2, 0) is 18.6 Å². The molecule has 0 saturated carbocycles. The molecular formula is C27H23ClF2N4O3. The lowest BCUT2D eigenvalue weighted by Crippen LogP contribution is -2.23. The molecule has 190 valence electrons. The predicted molar refractivity (Wildman–Crippen MR) is 134 cm³/mol. The fourth-order valence-electron chi connectivity index (χ4n) is 4.49. The van der Waals surface area contributed by atoms with Crippen LogP contribution < -0.4 is 10.3 Å². The lowest BCUT2D eigenvalue weighted by Gasteiger charge is -2.18. The zero-order valence-electron chi connectivity index (χ0n) is 20.3. The van der Waals surface area contributed by atoms with Gasteiger partial charge in [0.05, 0.1) is 23.2 Å². The number of aromatic nitrogens is 4. The molecule has 0 radical (unpaired) electrons. The molecule has 7 nitrogen and oxygen atoms in total. The Labute approximate surface area is 216 Å². The summed E-state index contributed by atoms with van der Waals surface area (Å²) < 4.78 is 34.1. The number of hydrogen-bond donors (Lipinski definition) is 1. The summed E-state index contributed by atoms with van der Waals surface area (Å²) in [5.41, 5.74) is 3.17. The maximum Gasteiger partial charge on any atom is 0.277 e. The van der Waals surface area contributed by atoms with Crippen molar-refractivity contribution in [3.05, 3.63) is 98.1 Å². The van der Waals surface area contributed by atoms with Crippen molar-refractivity contribution in [3.63, 3.8) is 0 Å². The van der Waals surface area contributed by atoms with E-state index < -0.39 is 22.8 Å². The number of pyridine rings is 4. The van der Waals surface area contributed by atoms with Gasteiger partial charge in [0.1, 0.15) is 28.9 Å². The zero-order valence-corrected chi connectivity index (χ0v) is 21.1. The van der Waals surface area contributed by atoms with Gasteiger partial charge in [0.15, 0.2) is 5.82 Å². The highest BCUT2D eigenvalue weighted by atomic mass is 35.5. The van der Waals surface area contributed by atoms with Crippen molar-refractivity contribution >= 4 is 11.6 Å². The summed E-state index contributed by atoms with van der Waals surface area (Å²) in [5, 5.41) is 10.5. The molecule has 37 heavy (non-hydrogen) atoms. The number of hydrogen-bond acceptors (Lipinski definition) is 6. The highest BCUT2D eigenvalue weighted by Gasteiger charge is 2.33. The Morgan fingerprint density at radius 1 is 1.11 bits per heavy atom. The minimum Gasteiger partial charge on any atom is -0.485 e. The van der Waals surface area contributed by atoms with Crippen LogP contribution in [0.5, 0.6) is 5.75 Å². The number of aliphatic hydroxyl groups is 1. The highest BCUT2D eigenvalue weighted by Crippen LogP contribution is 2.37. The first-order valence-corrected chi connectivity index (χ1v) is 12.0. The van der Waals surface area contributed by atoms with Crippen LogP contribution in [0.3, 0.4) is 0 Å². The van der Waals surface area contributed by atoms with E-state index in [9.17, 15) is 18.7 Å². The third-order valence-electron chi connectivity index (χ3n) is 6.56. The number of aryl methyl sites for hydroxylation is 3. The summed E-state index contributed by atoms with van der Waals surface area (Å²) in [4.78, 5) is 26.0. The molecule has 4 aromatic heterocycles. The summed E-state index contributed by atoms with van der Waals surface area (Å²) in [5.74, 6) is -1.60. The molecule has 1 N–H and O–H groups in total. The van der Waals surface area contributed by atoms with Gasteiger partial charge in [-0.25, -0.2) is 8.78 Å². The summed E-state index contributed by atoms with van der Waals surface area (Å²) in [6, 6.07) is 5.93. The number of nitrogens with zero attached hydrogens (tertiary/aromatic N) is 4. The Morgan fingerprint density at radius 2 is 1.89 bits per heavy atom. The number of ether oxygens (including phenoxy) is 1. The average molecular weight is 525 g/mol. The summed E-state index contributed by atoms with van der Waals surface area (Å²) in [6.07, 6.45) is 5.57. The average Bonchev–Trinajstić information content (AvgIpc) is 3.16. The van der Waals surface area contributed by atoms with Crippen LogP contribution in [0, 0.1) is 25.5 Å². The second-order valence-electron chi connectivity index (χ2n) is 9.32. The third kappa shape index (κ3) is 4.60. The monoisotopic (exact) mass is 524 g/mol. The van der Waals surface area contributed by atoms with Gasteiger partial charge in [-0.05, 0) is 51.3 Å². The molecule has 0 fully saturated rings. The van der Waals surface area contributed by atoms with Crippen molar-refractivity contribution in [2.24, 2.45) is 0 Å². The first-order chi connectivity index (χ1) is 17.5. The van der Waals surface area contributed by atoms with Gasteiger partial charge in [0.2, 0.25) is 0 Å². The van der Waals surface area contributed by atoms with Crippen molar-refractivity contribution in [1.29, 1.82) is 0 Å². The molecule has 1 atom stereocenters. The lowest BCUT2D eigenvalue weighted by atomic mass is 9.98. The standard InChI is InChI=1S/C27H23ClF2N4O3/c1-14-10-31-21(16-7-18-20(32-11-16)4-5-27(18,3)36)9-23(14)34-15(2)6-24(25(28)26(34)35)37-13-22-19(30)8-17(29)12-33-22/h6-12,36H,4-5,13H2,1-3H3. The van der Waals surface area contributed by atoms with Crippen molar-refractivity contribution < 1.29 is 18.6 Å². The Bertz CT molecular complexity index is 1600. The van der Waals surface area contributed by atoms with Crippen LogP contribution >= 0.6 is 11.6 Å². The van der Waals surface area contributed by atoms with E-state index in [0.29, 0.717) is 41.5 Å². The van der Waals surface area contributed by atoms with Gasteiger partial charge >= 0.3 is 0 Å². The number of rotatable bonds is 5. The van der Waals surface area contributed by atoms with Crippen LogP contribution in [0.1, 0.15) is 41.6 Å². The van der Waals surface area contributed by atoms with Gasteiger partial charge < -0.3 is 9.84 Å². The lowest BCUT2D eigenvalue weighted by molar-refractivity contribution is 0.0595. The van der Waals surface area contributed by atoms with E-state index in [1.54, 1.807) is 38.4 Å². The SMILES string of the molecule is Cc1cnc(-c2cnc3c(c2)C(C)(O)CC3)cc1-n1c(C)cc(OCc2ncc(F)cc2F)c(Cl)c1=O. The molecule has 0 spiro atoms. The summed E-state index contributed by atoms with van der Waals surface area (Å²) in [6.45, 7) is 4.98. The zero-order chi connectivity index (χ0) is 26.5. The largest absolute Gasteiger partial charge is 0.485 e. The van der Waals surface area contributed by atoms with Crippen LogP contribution in [0.4, 0.5) is 8.78 Å². The van der Waals surface area contributed by atoms with E-state index >= 15 is 0 Å². The molecule has 5 rings (SSSR count).